The standard InChI is InChI=1S/C26H21N5O3/c1-34-25(33)30-15-26(16-30)20-8-4-5-9-22(20)31(24(26)32)14-21-23(18-10-11-28-29-13-18)19-7-3-2-6-17(19)12-27-21/h2-13H,14-16H2,1H3. The van der Waals surface area contributed by atoms with Gasteiger partial charge < -0.3 is 14.5 Å². The van der Waals surface area contributed by atoms with E-state index in [1.165, 1.54) is 7.11 Å². The molecule has 1 spiro atoms. The van der Waals surface area contributed by atoms with Crippen LogP contribution >= 0.6 is 0 Å². The molecule has 0 radical (unpaired) electrons. The molecule has 2 aliphatic rings. The first-order valence-electron chi connectivity index (χ1n) is 11.0. The van der Waals surface area contributed by atoms with Crippen molar-refractivity contribution in [3.05, 3.63) is 84.4 Å². The van der Waals surface area contributed by atoms with Gasteiger partial charge in [0.2, 0.25) is 5.91 Å². The van der Waals surface area contributed by atoms with Gasteiger partial charge in [-0.2, -0.15) is 10.2 Å². The van der Waals surface area contributed by atoms with E-state index in [0.29, 0.717) is 19.6 Å². The van der Waals surface area contributed by atoms with Gasteiger partial charge in [-0.15, -0.1) is 0 Å². The Morgan fingerprint density at radius 2 is 1.82 bits per heavy atom. The molecule has 168 valence electrons. The first kappa shape index (κ1) is 20.3. The average Bonchev–Trinajstić information content (AvgIpc) is 3.11. The highest BCUT2D eigenvalue weighted by molar-refractivity contribution is 6.10. The molecule has 0 bridgehead atoms. The molecule has 6 rings (SSSR count). The highest BCUT2D eigenvalue weighted by atomic mass is 16.5. The topological polar surface area (TPSA) is 88.5 Å². The number of hydrogen-bond acceptors (Lipinski definition) is 6. The van der Waals surface area contributed by atoms with Crippen LogP contribution in [-0.2, 0) is 21.5 Å². The van der Waals surface area contributed by atoms with E-state index in [1.54, 1.807) is 22.2 Å². The van der Waals surface area contributed by atoms with Crippen molar-refractivity contribution in [3.8, 4) is 11.1 Å². The maximum absolute atomic E-state index is 13.8. The molecule has 34 heavy (non-hydrogen) atoms. The average molecular weight is 451 g/mol. The quantitative estimate of drug-likeness (QED) is 0.473. The number of anilines is 1. The summed E-state index contributed by atoms with van der Waals surface area (Å²) in [7, 11) is 1.35. The lowest BCUT2D eigenvalue weighted by atomic mass is 9.75. The van der Waals surface area contributed by atoms with Gasteiger partial charge in [0, 0.05) is 41.5 Å². The number of ether oxygens (including phenoxy) is 1. The van der Waals surface area contributed by atoms with Gasteiger partial charge in [-0.1, -0.05) is 42.5 Å². The van der Waals surface area contributed by atoms with E-state index in [1.807, 2.05) is 54.7 Å². The number of amides is 2. The van der Waals surface area contributed by atoms with E-state index in [2.05, 4.69) is 16.3 Å². The fourth-order valence-electron chi connectivity index (χ4n) is 5.16. The fraction of sp³-hybridized carbons (Fsp3) is 0.192. The van der Waals surface area contributed by atoms with Crippen LogP contribution in [0.1, 0.15) is 11.3 Å². The van der Waals surface area contributed by atoms with Gasteiger partial charge in [0.05, 0.1) is 31.7 Å². The third-order valence-electron chi connectivity index (χ3n) is 6.78. The first-order valence-corrected chi connectivity index (χ1v) is 11.0. The van der Waals surface area contributed by atoms with Crippen molar-refractivity contribution in [2.45, 2.75) is 12.0 Å². The molecule has 0 N–H and O–H groups in total. The lowest BCUT2D eigenvalue weighted by Gasteiger charge is -2.45. The van der Waals surface area contributed by atoms with Gasteiger partial charge in [-0.25, -0.2) is 4.79 Å². The number of likely N-dealkylation sites (tertiary alicyclic amines) is 1. The number of hydrogen-bond donors (Lipinski definition) is 0. The number of methoxy groups -OCH3 is 1. The number of carbonyl (C=O) groups excluding carboxylic acids is 2. The number of fused-ring (bicyclic) bond motifs is 3. The second-order valence-corrected chi connectivity index (χ2v) is 8.61. The minimum Gasteiger partial charge on any atom is -0.453 e. The lowest BCUT2D eigenvalue weighted by molar-refractivity contribution is -0.128. The van der Waals surface area contributed by atoms with E-state index < -0.39 is 11.5 Å². The van der Waals surface area contributed by atoms with Crippen molar-refractivity contribution in [2.24, 2.45) is 0 Å². The zero-order valence-corrected chi connectivity index (χ0v) is 18.5. The van der Waals surface area contributed by atoms with Crippen LogP contribution in [0.4, 0.5) is 10.5 Å². The Bertz CT molecular complexity index is 1430. The van der Waals surface area contributed by atoms with Crippen molar-refractivity contribution in [1.29, 1.82) is 0 Å². The summed E-state index contributed by atoms with van der Waals surface area (Å²) in [6, 6.07) is 17.7. The van der Waals surface area contributed by atoms with Gasteiger partial charge in [0.1, 0.15) is 5.41 Å². The molecule has 0 aliphatic carbocycles. The molecule has 2 aromatic heterocycles. The number of benzene rings is 2. The molecule has 4 heterocycles. The van der Waals surface area contributed by atoms with Crippen LogP contribution < -0.4 is 4.90 Å². The van der Waals surface area contributed by atoms with Crippen LogP contribution in [0.2, 0.25) is 0 Å². The zero-order chi connectivity index (χ0) is 23.3. The van der Waals surface area contributed by atoms with Crippen LogP contribution in [0.5, 0.6) is 0 Å². The summed E-state index contributed by atoms with van der Waals surface area (Å²) in [4.78, 5) is 34.0. The molecule has 2 amide bonds. The Balaban J connectivity index is 1.44. The number of aromatic nitrogens is 3. The summed E-state index contributed by atoms with van der Waals surface area (Å²) >= 11 is 0. The number of nitrogens with zero attached hydrogens (tertiary/aromatic N) is 5. The maximum atomic E-state index is 13.8. The molecule has 2 aromatic carbocycles. The molecule has 0 unspecified atom stereocenters. The maximum Gasteiger partial charge on any atom is 0.409 e. The van der Waals surface area contributed by atoms with Gasteiger partial charge in [-0.3, -0.25) is 9.78 Å². The zero-order valence-electron chi connectivity index (χ0n) is 18.5. The van der Waals surface area contributed by atoms with Crippen molar-refractivity contribution in [1.82, 2.24) is 20.1 Å². The van der Waals surface area contributed by atoms with Gasteiger partial charge >= 0.3 is 6.09 Å². The van der Waals surface area contributed by atoms with E-state index in [0.717, 1.165) is 38.8 Å². The third kappa shape index (κ3) is 2.88. The van der Waals surface area contributed by atoms with Crippen molar-refractivity contribution < 1.29 is 14.3 Å². The van der Waals surface area contributed by atoms with Crippen LogP contribution in [-0.4, -0.2) is 52.3 Å². The fourth-order valence-corrected chi connectivity index (χ4v) is 5.16. The summed E-state index contributed by atoms with van der Waals surface area (Å²) in [5.41, 5.74) is 3.64. The Morgan fingerprint density at radius 1 is 1.03 bits per heavy atom. The molecule has 2 aliphatic heterocycles. The summed E-state index contributed by atoms with van der Waals surface area (Å²) in [5, 5.41) is 10.0. The SMILES string of the molecule is COC(=O)N1CC2(C1)C(=O)N(Cc1ncc3ccccc3c1-c1ccnnc1)c1ccccc12. The number of carbonyl (C=O) groups is 2. The Labute approximate surface area is 195 Å². The number of para-hydroxylation sites is 1. The highest BCUT2D eigenvalue weighted by Crippen LogP contribution is 2.48. The third-order valence-corrected chi connectivity index (χ3v) is 6.78. The van der Waals surface area contributed by atoms with Crippen molar-refractivity contribution >= 4 is 28.5 Å². The Morgan fingerprint density at radius 3 is 2.62 bits per heavy atom. The number of pyridine rings is 1. The molecule has 8 nitrogen and oxygen atoms in total. The summed E-state index contributed by atoms with van der Waals surface area (Å²) in [6.45, 7) is 0.912. The minimum atomic E-state index is -0.750. The van der Waals surface area contributed by atoms with Crippen LogP contribution in [0.25, 0.3) is 21.9 Å². The van der Waals surface area contributed by atoms with E-state index in [4.69, 9.17) is 9.72 Å². The Hall–Kier alpha value is -4.33. The highest BCUT2D eigenvalue weighted by Gasteiger charge is 2.59. The summed E-state index contributed by atoms with van der Waals surface area (Å²) in [6.07, 6.45) is 4.79. The smallest absolute Gasteiger partial charge is 0.409 e. The molecule has 4 aromatic rings. The molecular formula is C26H21N5O3. The van der Waals surface area contributed by atoms with Crippen molar-refractivity contribution in [2.75, 3.05) is 25.1 Å². The number of rotatable bonds is 3. The molecule has 1 fully saturated rings. The lowest BCUT2D eigenvalue weighted by Crippen LogP contribution is -2.65. The second kappa shape index (κ2) is 7.62. The van der Waals surface area contributed by atoms with Gasteiger partial charge in [-0.05, 0) is 23.1 Å². The minimum absolute atomic E-state index is 0.0254. The van der Waals surface area contributed by atoms with Gasteiger partial charge in [0.25, 0.3) is 0 Å². The van der Waals surface area contributed by atoms with Crippen LogP contribution in [0, 0.1) is 0 Å². The van der Waals surface area contributed by atoms with Gasteiger partial charge in [0.15, 0.2) is 0 Å². The molecule has 8 heteroatoms. The predicted molar refractivity (Wildman–Crippen MR) is 126 cm³/mol. The van der Waals surface area contributed by atoms with Crippen LogP contribution in [0.15, 0.2) is 73.2 Å². The second-order valence-electron chi connectivity index (χ2n) is 8.61. The summed E-state index contributed by atoms with van der Waals surface area (Å²) < 4.78 is 4.85. The van der Waals surface area contributed by atoms with E-state index >= 15 is 0 Å². The molecule has 0 atom stereocenters. The molecule has 0 saturated carbocycles. The van der Waals surface area contributed by atoms with E-state index in [9.17, 15) is 9.59 Å². The van der Waals surface area contributed by atoms with Crippen LogP contribution in [0.3, 0.4) is 0 Å². The Kier molecular flexibility index (Phi) is 4.55. The summed E-state index contributed by atoms with van der Waals surface area (Å²) in [5.74, 6) is -0.0254. The first-order chi connectivity index (χ1) is 16.6. The van der Waals surface area contributed by atoms with E-state index in [-0.39, 0.29) is 5.91 Å². The largest absolute Gasteiger partial charge is 0.453 e. The molecular weight excluding hydrogens is 430 g/mol. The normalized spacial score (nSPS) is 16.0. The predicted octanol–water partition coefficient (Wildman–Crippen LogP) is 3.56. The monoisotopic (exact) mass is 451 g/mol. The molecule has 1 saturated heterocycles. The van der Waals surface area contributed by atoms with Crippen molar-refractivity contribution in [3.63, 3.8) is 0 Å².